The van der Waals surface area contributed by atoms with E-state index in [0.29, 0.717) is 16.2 Å². The van der Waals surface area contributed by atoms with Crippen LogP contribution in [0.5, 0.6) is 0 Å². The van der Waals surface area contributed by atoms with Crippen LogP contribution >= 0.6 is 15.9 Å². The lowest BCUT2D eigenvalue weighted by molar-refractivity contribution is 0.0594. The first-order chi connectivity index (χ1) is 8.59. The molecule has 0 saturated carbocycles. The van der Waals surface area contributed by atoms with Crippen LogP contribution in [0.4, 0.5) is 0 Å². The van der Waals surface area contributed by atoms with Crippen LogP contribution in [-0.2, 0) is 0 Å². The number of hydrogen-bond donors (Lipinski definition) is 0. The number of nitrogens with zero attached hydrogens (tertiary/aromatic N) is 3. The van der Waals surface area contributed by atoms with Crippen LogP contribution in [0.1, 0.15) is 24.2 Å². The third-order valence-electron chi connectivity index (χ3n) is 3.32. The molecular formula is C13H18BrN3O. The maximum atomic E-state index is 12.3. The van der Waals surface area contributed by atoms with Crippen molar-refractivity contribution in [3.8, 4) is 0 Å². The summed E-state index contributed by atoms with van der Waals surface area (Å²) in [6.07, 6.45) is 1.68. The first-order valence-corrected chi connectivity index (χ1v) is 7.02. The zero-order chi connectivity index (χ0) is 13.1. The molecule has 4 nitrogen and oxygen atoms in total. The first-order valence-electron chi connectivity index (χ1n) is 6.23. The quantitative estimate of drug-likeness (QED) is 0.784. The Hall–Kier alpha value is -0.940. The molecule has 0 spiro atoms. The Morgan fingerprint density at radius 2 is 2.00 bits per heavy atom. The minimum atomic E-state index is 0.0679. The second-order valence-electron chi connectivity index (χ2n) is 4.76. The molecule has 5 heteroatoms. The third-order valence-corrected chi connectivity index (χ3v) is 3.95. The van der Waals surface area contributed by atoms with Crippen LogP contribution in [-0.4, -0.2) is 52.9 Å². The van der Waals surface area contributed by atoms with Gasteiger partial charge in [-0.3, -0.25) is 9.69 Å². The topological polar surface area (TPSA) is 36.4 Å². The van der Waals surface area contributed by atoms with E-state index < -0.39 is 0 Å². The molecule has 1 fully saturated rings. The van der Waals surface area contributed by atoms with Crippen molar-refractivity contribution in [3.05, 3.63) is 28.5 Å². The van der Waals surface area contributed by atoms with Crippen LogP contribution in [0.15, 0.2) is 22.9 Å². The van der Waals surface area contributed by atoms with E-state index in [9.17, 15) is 4.79 Å². The highest BCUT2D eigenvalue weighted by atomic mass is 79.9. The highest BCUT2D eigenvalue weighted by Gasteiger charge is 2.24. The van der Waals surface area contributed by atoms with Gasteiger partial charge in [-0.1, -0.05) is 0 Å². The average Bonchev–Trinajstić information content (AvgIpc) is 2.38. The molecule has 0 aromatic carbocycles. The summed E-state index contributed by atoms with van der Waals surface area (Å²) in [4.78, 5) is 20.7. The van der Waals surface area contributed by atoms with Gasteiger partial charge in [0.25, 0.3) is 5.91 Å². The monoisotopic (exact) mass is 311 g/mol. The van der Waals surface area contributed by atoms with Gasteiger partial charge in [-0.15, -0.1) is 0 Å². The largest absolute Gasteiger partial charge is 0.336 e. The molecule has 1 aliphatic heterocycles. The molecule has 1 amide bonds. The molecule has 18 heavy (non-hydrogen) atoms. The number of halogens is 1. The number of carbonyl (C=O) groups is 1. The summed E-state index contributed by atoms with van der Waals surface area (Å²) in [6, 6.07) is 4.16. The Kier molecular flexibility index (Phi) is 4.35. The fourth-order valence-corrected chi connectivity index (χ4v) is 2.58. The lowest BCUT2D eigenvalue weighted by atomic mass is 10.2. The fourth-order valence-electron chi connectivity index (χ4n) is 2.16. The molecule has 0 unspecified atom stereocenters. The van der Waals surface area contributed by atoms with Gasteiger partial charge in [-0.25, -0.2) is 4.98 Å². The minimum Gasteiger partial charge on any atom is -0.336 e. The molecule has 0 radical (unpaired) electrons. The summed E-state index contributed by atoms with van der Waals surface area (Å²) in [5, 5.41) is 0. The van der Waals surface area contributed by atoms with Gasteiger partial charge in [0.1, 0.15) is 4.60 Å². The fraction of sp³-hybridized carbons (Fsp3) is 0.538. The Morgan fingerprint density at radius 1 is 1.33 bits per heavy atom. The lowest BCUT2D eigenvalue weighted by Crippen LogP contribution is -2.50. The van der Waals surface area contributed by atoms with Crippen LogP contribution in [0.2, 0.25) is 0 Å². The van der Waals surface area contributed by atoms with E-state index in [1.165, 1.54) is 0 Å². The van der Waals surface area contributed by atoms with Crippen molar-refractivity contribution in [1.82, 2.24) is 14.8 Å². The summed E-state index contributed by atoms with van der Waals surface area (Å²) >= 11 is 3.33. The normalized spacial score (nSPS) is 17.2. The predicted octanol–water partition coefficient (Wildman–Crippen LogP) is 2.01. The zero-order valence-electron chi connectivity index (χ0n) is 10.8. The second-order valence-corrected chi connectivity index (χ2v) is 5.51. The van der Waals surface area contributed by atoms with Gasteiger partial charge in [0, 0.05) is 38.4 Å². The molecule has 0 atom stereocenters. The molecule has 98 valence electrons. The van der Waals surface area contributed by atoms with E-state index in [1.54, 1.807) is 12.3 Å². The molecule has 1 aromatic heterocycles. The van der Waals surface area contributed by atoms with Crippen LogP contribution in [0.25, 0.3) is 0 Å². The van der Waals surface area contributed by atoms with Crippen molar-refractivity contribution < 1.29 is 4.79 Å². The number of piperazine rings is 1. The Balaban J connectivity index is 2.02. The van der Waals surface area contributed by atoms with Crippen molar-refractivity contribution in [1.29, 1.82) is 0 Å². The number of aromatic nitrogens is 1. The number of amides is 1. The van der Waals surface area contributed by atoms with E-state index in [4.69, 9.17) is 0 Å². The molecule has 2 rings (SSSR count). The van der Waals surface area contributed by atoms with Crippen LogP contribution in [0.3, 0.4) is 0 Å². The highest BCUT2D eigenvalue weighted by molar-refractivity contribution is 9.10. The maximum absolute atomic E-state index is 12.3. The van der Waals surface area contributed by atoms with E-state index in [1.807, 2.05) is 11.0 Å². The van der Waals surface area contributed by atoms with E-state index in [-0.39, 0.29) is 5.91 Å². The lowest BCUT2D eigenvalue weighted by Gasteiger charge is -2.37. The van der Waals surface area contributed by atoms with Crippen molar-refractivity contribution in [2.24, 2.45) is 0 Å². The molecule has 1 aliphatic rings. The third kappa shape index (κ3) is 2.90. The Morgan fingerprint density at radius 3 is 2.56 bits per heavy atom. The van der Waals surface area contributed by atoms with Gasteiger partial charge in [-0.2, -0.15) is 0 Å². The Bertz CT molecular complexity index is 428. The molecule has 2 heterocycles. The summed E-state index contributed by atoms with van der Waals surface area (Å²) < 4.78 is 0.626. The van der Waals surface area contributed by atoms with Gasteiger partial charge in [0.05, 0.1) is 5.56 Å². The SMILES string of the molecule is CC(C)N1CCN(C(=O)c2cccnc2Br)CC1. The summed E-state index contributed by atoms with van der Waals surface area (Å²) in [5.41, 5.74) is 0.649. The minimum absolute atomic E-state index is 0.0679. The van der Waals surface area contributed by atoms with Crippen LogP contribution in [0, 0.1) is 0 Å². The van der Waals surface area contributed by atoms with E-state index in [0.717, 1.165) is 26.2 Å². The van der Waals surface area contributed by atoms with Gasteiger partial charge < -0.3 is 4.90 Å². The molecule has 0 N–H and O–H groups in total. The van der Waals surface area contributed by atoms with E-state index >= 15 is 0 Å². The molecular weight excluding hydrogens is 294 g/mol. The summed E-state index contributed by atoms with van der Waals surface area (Å²) in [6.45, 7) is 7.85. The average molecular weight is 312 g/mol. The van der Waals surface area contributed by atoms with Gasteiger partial charge in [-0.05, 0) is 41.9 Å². The molecule has 0 bridgehead atoms. The second kappa shape index (κ2) is 5.80. The molecule has 1 aromatic rings. The van der Waals surface area contributed by atoms with Gasteiger partial charge in [0.15, 0.2) is 0 Å². The van der Waals surface area contributed by atoms with Crippen molar-refractivity contribution in [3.63, 3.8) is 0 Å². The van der Waals surface area contributed by atoms with Crippen molar-refractivity contribution in [2.45, 2.75) is 19.9 Å². The number of carbonyl (C=O) groups excluding carboxylic acids is 1. The first kappa shape index (κ1) is 13.5. The van der Waals surface area contributed by atoms with Crippen molar-refractivity contribution in [2.75, 3.05) is 26.2 Å². The highest BCUT2D eigenvalue weighted by Crippen LogP contribution is 2.16. The summed E-state index contributed by atoms with van der Waals surface area (Å²) in [5.74, 6) is 0.0679. The Labute approximate surface area is 116 Å². The van der Waals surface area contributed by atoms with E-state index in [2.05, 4.69) is 39.7 Å². The smallest absolute Gasteiger partial charge is 0.256 e. The van der Waals surface area contributed by atoms with Gasteiger partial charge >= 0.3 is 0 Å². The zero-order valence-corrected chi connectivity index (χ0v) is 12.4. The summed E-state index contributed by atoms with van der Waals surface area (Å²) in [7, 11) is 0. The molecule has 0 aliphatic carbocycles. The number of hydrogen-bond acceptors (Lipinski definition) is 3. The predicted molar refractivity (Wildman–Crippen MR) is 74.5 cm³/mol. The van der Waals surface area contributed by atoms with Gasteiger partial charge in [0.2, 0.25) is 0 Å². The van der Waals surface area contributed by atoms with Crippen LogP contribution < -0.4 is 0 Å². The molecule has 1 saturated heterocycles. The van der Waals surface area contributed by atoms with Crippen molar-refractivity contribution >= 4 is 21.8 Å². The number of rotatable bonds is 2. The number of pyridine rings is 1. The maximum Gasteiger partial charge on any atom is 0.256 e. The standard InChI is InChI=1S/C13H18BrN3O/c1-10(2)16-6-8-17(9-7-16)13(18)11-4-3-5-15-12(11)14/h3-5,10H,6-9H2,1-2H3.